The van der Waals surface area contributed by atoms with Crippen LogP contribution in [0.5, 0.6) is 5.75 Å². The number of hydrogen-bond acceptors (Lipinski definition) is 3. The number of fused-ring (bicyclic) bond motifs is 1. The van der Waals surface area contributed by atoms with Gasteiger partial charge in [-0.3, -0.25) is 4.79 Å². The fraction of sp³-hybridized carbons (Fsp3) is 0.471. The average molecular weight is 301 g/mol. The first kappa shape index (κ1) is 14.9. The number of aromatic nitrogens is 1. The smallest absolute Gasteiger partial charge is 0.268 e. The summed E-state index contributed by atoms with van der Waals surface area (Å²) < 4.78 is 7.19. The highest BCUT2D eigenvalue weighted by molar-refractivity contribution is 5.99. The first-order valence-corrected chi connectivity index (χ1v) is 7.71. The predicted octanol–water partition coefficient (Wildman–Crippen LogP) is 2.01. The molecule has 3 rings (SSSR count). The second kappa shape index (κ2) is 6.01. The second-order valence-electron chi connectivity index (χ2n) is 6.09. The first-order chi connectivity index (χ1) is 10.6. The molecule has 0 bridgehead atoms. The fourth-order valence-electron chi connectivity index (χ4n) is 3.20. The Morgan fingerprint density at radius 1 is 1.32 bits per heavy atom. The van der Waals surface area contributed by atoms with Gasteiger partial charge in [-0.2, -0.15) is 0 Å². The average Bonchev–Trinajstić information content (AvgIpc) is 2.84. The first-order valence-electron chi connectivity index (χ1n) is 7.71. The van der Waals surface area contributed by atoms with E-state index >= 15 is 0 Å². The number of amides is 1. The van der Waals surface area contributed by atoms with Crippen molar-refractivity contribution in [1.82, 2.24) is 14.8 Å². The van der Waals surface area contributed by atoms with E-state index in [-0.39, 0.29) is 11.9 Å². The van der Waals surface area contributed by atoms with E-state index in [1.165, 1.54) is 0 Å². The van der Waals surface area contributed by atoms with Crippen LogP contribution in [0.2, 0.25) is 0 Å². The SMILES string of the molecule is COc1ccc2cc(C(=O)N[C@H]3CCCN(C)C3)n(C)c2c1. The summed E-state index contributed by atoms with van der Waals surface area (Å²) in [5, 5.41) is 4.21. The number of nitrogens with zero attached hydrogens (tertiary/aromatic N) is 2. The molecule has 1 amide bonds. The summed E-state index contributed by atoms with van der Waals surface area (Å²) in [6, 6.07) is 8.04. The molecule has 0 radical (unpaired) electrons. The van der Waals surface area contributed by atoms with E-state index in [1.807, 2.05) is 35.9 Å². The molecule has 5 nitrogen and oxygen atoms in total. The maximum Gasteiger partial charge on any atom is 0.268 e. The van der Waals surface area contributed by atoms with E-state index in [1.54, 1.807) is 7.11 Å². The quantitative estimate of drug-likeness (QED) is 0.943. The lowest BCUT2D eigenvalue weighted by Gasteiger charge is -2.30. The van der Waals surface area contributed by atoms with Gasteiger partial charge < -0.3 is 19.5 Å². The largest absolute Gasteiger partial charge is 0.497 e. The van der Waals surface area contributed by atoms with Gasteiger partial charge in [0.1, 0.15) is 11.4 Å². The van der Waals surface area contributed by atoms with Gasteiger partial charge in [0.05, 0.1) is 12.6 Å². The van der Waals surface area contributed by atoms with Crippen LogP contribution in [0.4, 0.5) is 0 Å². The summed E-state index contributed by atoms with van der Waals surface area (Å²) in [6.07, 6.45) is 2.18. The Kier molecular flexibility index (Phi) is 4.07. The third kappa shape index (κ3) is 2.81. The number of piperidine rings is 1. The van der Waals surface area contributed by atoms with Gasteiger partial charge >= 0.3 is 0 Å². The number of likely N-dealkylation sites (tertiary alicyclic amines) is 1. The summed E-state index contributed by atoms with van der Waals surface area (Å²) in [4.78, 5) is 14.8. The fourth-order valence-corrected chi connectivity index (χ4v) is 3.20. The van der Waals surface area contributed by atoms with Crippen LogP contribution in [0, 0.1) is 0 Å². The third-order valence-corrected chi connectivity index (χ3v) is 4.44. The molecule has 2 heterocycles. The number of rotatable bonds is 3. The van der Waals surface area contributed by atoms with E-state index in [2.05, 4.69) is 17.3 Å². The van der Waals surface area contributed by atoms with Gasteiger partial charge in [0, 0.05) is 31.1 Å². The van der Waals surface area contributed by atoms with Crippen molar-refractivity contribution >= 4 is 16.8 Å². The Hall–Kier alpha value is -2.01. The van der Waals surface area contributed by atoms with Crippen molar-refractivity contribution in [3.05, 3.63) is 30.0 Å². The lowest BCUT2D eigenvalue weighted by atomic mass is 10.1. The van der Waals surface area contributed by atoms with E-state index in [4.69, 9.17) is 4.74 Å². The van der Waals surface area contributed by atoms with E-state index < -0.39 is 0 Å². The van der Waals surface area contributed by atoms with E-state index in [0.717, 1.165) is 42.6 Å². The Labute approximate surface area is 130 Å². The standard InChI is InChI=1S/C17H23N3O2/c1-19-8-4-5-13(11-19)18-17(21)16-9-12-6-7-14(22-3)10-15(12)20(16)2/h6-7,9-10,13H,4-5,8,11H2,1-3H3,(H,18,21)/t13-/m0/s1. The molecular weight excluding hydrogens is 278 g/mol. The molecule has 0 saturated carbocycles. The number of ether oxygens (including phenoxy) is 1. The zero-order valence-electron chi connectivity index (χ0n) is 13.4. The predicted molar refractivity (Wildman–Crippen MR) is 87.5 cm³/mol. The summed E-state index contributed by atoms with van der Waals surface area (Å²) in [7, 11) is 5.67. The minimum atomic E-state index is -0.00188. The molecule has 1 aliphatic heterocycles. The van der Waals surface area contributed by atoms with Gasteiger partial charge in [-0.25, -0.2) is 0 Å². The number of carbonyl (C=O) groups excluding carboxylic acids is 1. The number of likely N-dealkylation sites (N-methyl/N-ethyl adjacent to an activating group) is 1. The zero-order valence-corrected chi connectivity index (χ0v) is 13.4. The number of carbonyl (C=O) groups is 1. The molecule has 2 aromatic rings. The van der Waals surface area contributed by atoms with Crippen LogP contribution in [0.15, 0.2) is 24.3 Å². The summed E-state index contributed by atoms with van der Waals surface area (Å²) in [5.74, 6) is 0.799. The molecule has 1 fully saturated rings. The van der Waals surface area contributed by atoms with Crippen molar-refractivity contribution < 1.29 is 9.53 Å². The molecule has 1 N–H and O–H groups in total. The van der Waals surface area contributed by atoms with Gasteiger partial charge in [-0.15, -0.1) is 0 Å². The molecule has 22 heavy (non-hydrogen) atoms. The third-order valence-electron chi connectivity index (χ3n) is 4.44. The van der Waals surface area contributed by atoms with Crippen molar-refractivity contribution in [3.63, 3.8) is 0 Å². The lowest BCUT2D eigenvalue weighted by Crippen LogP contribution is -2.46. The van der Waals surface area contributed by atoms with Crippen LogP contribution in [0.25, 0.3) is 10.9 Å². The van der Waals surface area contributed by atoms with Crippen molar-refractivity contribution in [1.29, 1.82) is 0 Å². The summed E-state index contributed by atoms with van der Waals surface area (Å²) in [5.41, 5.74) is 1.70. The number of aryl methyl sites for hydroxylation is 1. The van der Waals surface area contributed by atoms with Gasteiger partial charge in [0.2, 0.25) is 0 Å². The molecule has 0 unspecified atom stereocenters. The molecular formula is C17H23N3O2. The number of benzene rings is 1. The van der Waals surface area contributed by atoms with Crippen LogP contribution in [0.3, 0.4) is 0 Å². The molecule has 1 saturated heterocycles. The Morgan fingerprint density at radius 2 is 2.14 bits per heavy atom. The number of methoxy groups -OCH3 is 1. The van der Waals surface area contributed by atoms with E-state index in [0.29, 0.717) is 5.69 Å². The van der Waals surface area contributed by atoms with Gasteiger partial charge in [-0.1, -0.05) is 0 Å². The molecule has 5 heteroatoms. The van der Waals surface area contributed by atoms with E-state index in [9.17, 15) is 4.79 Å². The lowest BCUT2D eigenvalue weighted by molar-refractivity contribution is 0.0904. The monoisotopic (exact) mass is 301 g/mol. The highest BCUT2D eigenvalue weighted by atomic mass is 16.5. The molecule has 118 valence electrons. The van der Waals surface area contributed by atoms with Crippen molar-refractivity contribution in [2.45, 2.75) is 18.9 Å². The van der Waals surface area contributed by atoms with Crippen LogP contribution in [-0.2, 0) is 7.05 Å². The molecule has 0 spiro atoms. The van der Waals surface area contributed by atoms with Gasteiger partial charge in [-0.05, 0) is 44.6 Å². The second-order valence-corrected chi connectivity index (χ2v) is 6.09. The molecule has 1 atom stereocenters. The molecule has 1 aromatic heterocycles. The highest BCUT2D eigenvalue weighted by Gasteiger charge is 2.21. The van der Waals surface area contributed by atoms with Gasteiger partial charge in [0.15, 0.2) is 0 Å². The van der Waals surface area contributed by atoms with Crippen molar-refractivity contribution in [3.8, 4) is 5.75 Å². The normalized spacial score (nSPS) is 19.3. The maximum atomic E-state index is 12.6. The Morgan fingerprint density at radius 3 is 2.86 bits per heavy atom. The number of nitrogens with one attached hydrogen (secondary N) is 1. The highest BCUT2D eigenvalue weighted by Crippen LogP contribution is 2.24. The zero-order chi connectivity index (χ0) is 15.7. The maximum absolute atomic E-state index is 12.6. The molecule has 1 aromatic carbocycles. The number of hydrogen-bond donors (Lipinski definition) is 1. The van der Waals surface area contributed by atoms with Gasteiger partial charge in [0.25, 0.3) is 5.91 Å². The minimum absolute atomic E-state index is 0.00188. The molecule has 0 aliphatic carbocycles. The van der Waals surface area contributed by atoms with Crippen molar-refractivity contribution in [2.75, 3.05) is 27.2 Å². The van der Waals surface area contributed by atoms with Crippen LogP contribution in [-0.4, -0.2) is 48.7 Å². The van der Waals surface area contributed by atoms with Crippen LogP contribution >= 0.6 is 0 Å². The Balaban J connectivity index is 1.83. The van der Waals surface area contributed by atoms with Crippen LogP contribution < -0.4 is 10.1 Å². The Bertz CT molecular complexity index is 693. The topological polar surface area (TPSA) is 46.5 Å². The molecule has 1 aliphatic rings. The summed E-state index contributed by atoms with van der Waals surface area (Å²) >= 11 is 0. The minimum Gasteiger partial charge on any atom is -0.497 e. The van der Waals surface area contributed by atoms with Crippen molar-refractivity contribution in [2.24, 2.45) is 7.05 Å². The van der Waals surface area contributed by atoms with Crippen LogP contribution in [0.1, 0.15) is 23.3 Å². The summed E-state index contributed by atoms with van der Waals surface area (Å²) in [6.45, 7) is 2.03.